The SMILES string of the molecule is [CH]Cc1cc(C)on1. The molecule has 0 aliphatic rings. The van der Waals surface area contributed by atoms with E-state index in [2.05, 4.69) is 5.16 Å². The first kappa shape index (κ1) is 5.35. The van der Waals surface area contributed by atoms with Gasteiger partial charge in [-0.1, -0.05) is 5.16 Å². The van der Waals surface area contributed by atoms with Gasteiger partial charge < -0.3 is 4.52 Å². The molecule has 0 bridgehead atoms. The zero-order chi connectivity index (χ0) is 5.98. The van der Waals surface area contributed by atoms with Gasteiger partial charge in [-0.25, -0.2) is 0 Å². The highest BCUT2D eigenvalue weighted by Crippen LogP contribution is 2.00. The molecule has 0 fully saturated rings. The number of aromatic nitrogens is 1. The molecule has 0 N–H and O–H groups in total. The molecule has 0 amide bonds. The van der Waals surface area contributed by atoms with Crippen LogP contribution in [0.15, 0.2) is 10.6 Å². The summed E-state index contributed by atoms with van der Waals surface area (Å²) in [6, 6.07) is 1.82. The maximum atomic E-state index is 5.24. The first-order chi connectivity index (χ1) is 3.83. The van der Waals surface area contributed by atoms with Crippen LogP contribution in [0, 0.1) is 13.8 Å². The molecule has 0 saturated heterocycles. The van der Waals surface area contributed by atoms with Crippen molar-refractivity contribution in [3.63, 3.8) is 0 Å². The van der Waals surface area contributed by atoms with Crippen LogP contribution in [0.1, 0.15) is 11.5 Å². The molecule has 1 rings (SSSR count). The van der Waals surface area contributed by atoms with Gasteiger partial charge in [-0.15, -0.1) is 0 Å². The largest absolute Gasteiger partial charge is 0.361 e. The summed E-state index contributed by atoms with van der Waals surface area (Å²) in [4.78, 5) is 0. The van der Waals surface area contributed by atoms with Crippen molar-refractivity contribution in [2.45, 2.75) is 13.3 Å². The highest BCUT2D eigenvalue weighted by molar-refractivity contribution is 5.03. The predicted molar refractivity (Wildman–Crippen MR) is 29.2 cm³/mol. The average molecular weight is 109 g/mol. The molecular weight excluding hydrogens is 102 g/mol. The molecule has 0 atom stereocenters. The third-order valence-corrected chi connectivity index (χ3v) is 0.886. The fraction of sp³-hybridized carbons (Fsp3) is 0.333. The normalized spacial score (nSPS) is 9.75. The van der Waals surface area contributed by atoms with Crippen molar-refractivity contribution in [3.8, 4) is 0 Å². The molecular formula is C6H7NO. The van der Waals surface area contributed by atoms with Crippen molar-refractivity contribution >= 4 is 0 Å². The molecule has 1 aromatic heterocycles. The van der Waals surface area contributed by atoms with Crippen LogP contribution >= 0.6 is 0 Å². The lowest BCUT2D eigenvalue weighted by Gasteiger charge is -1.74. The van der Waals surface area contributed by atoms with Crippen LogP contribution in [0.2, 0.25) is 0 Å². The summed E-state index contributed by atoms with van der Waals surface area (Å²) in [5.41, 5.74) is 0.808. The first-order valence-corrected chi connectivity index (χ1v) is 2.45. The molecule has 0 aliphatic heterocycles. The van der Waals surface area contributed by atoms with Gasteiger partial charge in [0.15, 0.2) is 0 Å². The molecule has 0 unspecified atom stereocenters. The van der Waals surface area contributed by atoms with E-state index in [1.54, 1.807) is 0 Å². The van der Waals surface area contributed by atoms with E-state index in [0.717, 1.165) is 11.5 Å². The van der Waals surface area contributed by atoms with Crippen LogP contribution in [-0.4, -0.2) is 5.16 Å². The molecule has 8 heavy (non-hydrogen) atoms. The standard InChI is InChI=1S/C6H7NO/c1-3-6-4-5(2)8-7-6/h1,4H,3H2,2H3. The highest BCUT2D eigenvalue weighted by atomic mass is 16.5. The fourth-order valence-electron chi connectivity index (χ4n) is 0.514. The van der Waals surface area contributed by atoms with E-state index < -0.39 is 0 Å². The quantitative estimate of drug-likeness (QED) is 0.542. The summed E-state index contributed by atoms with van der Waals surface area (Å²) in [7, 11) is 0. The molecule has 1 aromatic rings. The van der Waals surface area contributed by atoms with Crippen LogP contribution < -0.4 is 0 Å². The monoisotopic (exact) mass is 109 g/mol. The van der Waals surface area contributed by atoms with Gasteiger partial charge in [0.2, 0.25) is 0 Å². The maximum absolute atomic E-state index is 5.24. The van der Waals surface area contributed by atoms with Gasteiger partial charge in [-0.3, -0.25) is 0 Å². The maximum Gasteiger partial charge on any atom is 0.133 e. The van der Waals surface area contributed by atoms with E-state index in [9.17, 15) is 0 Å². The Bertz CT molecular complexity index is 169. The van der Waals surface area contributed by atoms with E-state index in [0.29, 0.717) is 6.42 Å². The molecule has 2 heteroatoms. The number of hydrogen-bond donors (Lipinski definition) is 0. The summed E-state index contributed by atoms with van der Waals surface area (Å²) in [5, 5.41) is 3.63. The van der Waals surface area contributed by atoms with Crippen molar-refractivity contribution in [2.75, 3.05) is 0 Å². The van der Waals surface area contributed by atoms with Crippen LogP contribution in [0.3, 0.4) is 0 Å². The molecule has 0 aliphatic carbocycles. The van der Waals surface area contributed by atoms with Crippen LogP contribution in [0.5, 0.6) is 0 Å². The summed E-state index contributed by atoms with van der Waals surface area (Å²) >= 11 is 0. The highest BCUT2D eigenvalue weighted by Gasteiger charge is 1.93. The minimum absolute atomic E-state index is 0.456. The van der Waals surface area contributed by atoms with Crippen molar-refractivity contribution in [2.24, 2.45) is 0 Å². The Morgan fingerprint density at radius 3 is 2.88 bits per heavy atom. The minimum Gasteiger partial charge on any atom is -0.361 e. The second-order valence-corrected chi connectivity index (χ2v) is 1.63. The van der Waals surface area contributed by atoms with Gasteiger partial charge in [-0.2, -0.15) is 0 Å². The van der Waals surface area contributed by atoms with Crippen molar-refractivity contribution in [3.05, 3.63) is 24.4 Å². The summed E-state index contributed by atoms with van der Waals surface area (Å²) in [5.74, 6) is 0.811. The van der Waals surface area contributed by atoms with Gasteiger partial charge >= 0.3 is 0 Å². The lowest BCUT2D eigenvalue weighted by molar-refractivity contribution is 0.392. The van der Waals surface area contributed by atoms with Crippen molar-refractivity contribution < 1.29 is 4.52 Å². The van der Waals surface area contributed by atoms with E-state index in [1.165, 1.54) is 0 Å². The first-order valence-electron chi connectivity index (χ1n) is 2.45. The molecule has 0 aromatic carbocycles. The third kappa shape index (κ3) is 0.886. The fourth-order valence-corrected chi connectivity index (χ4v) is 0.514. The second-order valence-electron chi connectivity index (χ2n) is 1.63. The Kier molecular flexibility index (Phi) is 1.33. The predicted octanol–water partition coefficient (Wildman–Crippen LogP) is 1.24. The third-order valence-electron chi connectivity index (χ3n) is 0.886. The van der Waals surface area contributed by atoms with Crippen LogP contribution in [0.25, 0.3) is 0 Å². The summed E-state index contributed by atoms with van der Waals surface area (Å²) < 4.78 is 4.73. The molecule has 2 nitrogen and oxygen atoms in total. The van der Waals surface area contributed by atoms with Gasteiger partial charge in [0.05, 0.1) is 5.69 Å². The van der Waals surface area contributed by atoms with Gasteiger partial charge in [-0.05, 0) is 20.3 Å². The molecule has 2 radical (unpaired) electrons. The number of rotatable bonds is 1. The number of nitrogens with zero attached hydrogens (tertiary/aromatic N) is 1. The molecule has 1 heterocycles. The van der Waals surface area contributed by atoms with Crippen LogP contribution in [-0.2, 0) is 6.42 Å². The molecule has 42 valence electrons. The van der Waals surface area contributed by atoms with E-state index in [-0.39, 0.29) is 0 Å². The van der Waals surface area contributed by atoms with Crippen molar-refractivity contribution in [1.29, 1.82) is 0 Å². The van der Waals surface area contributed by atoms with Gasteiger partial charge in [0, 0.05) is 6.07 Å². The number of hydrogen-bond acceptors (Lipinski definition) is 2. The lowest BCUT2D eigenvalue weighted by Crippen LogP contribution is -1.74. The Hall–Kier alpha value is -0.790. The van der Waals surface area contributed by atoms with E-state index >= 15 is 0 Å². The number of aryl methyl sites for hydroxylation is 1. The van der Waals surface area contributed by atoms with Gasteiger partial charge in [0.1, 0.15) is 5.76 Å². The van der Waals surface area contributed by atoms with E-state index in [4.69, 9.17) is 11.4 Å². The van der Waals surface area contributed by atoms with Crippen molar-refractivity contribution in [1.82, 2.24) is 5.16 Å². The summed E-state index contributed by atoms with van der Waals surface area (Å²) in [6.07, 6.45) is 0.456. The summed E-state index contributed by atoms with van der Waals surface area (Å²) in [6.45, 7) is 7.08. The average Bonchev–Trinajstić information content (AvgIpc) is 2.14. The topological polar surface area (TPSA) is 26.0 Å². The Labute approximate surface area is 48.5 Å². The van der Waals surface area contributed by atoms with E-state index in [1.807, 2.05) is 13.0 Å². The Balaban J connectivity index is 2.84. The zero-order valence-electron chi connectivity index (χ0n) is 4.72. The Morgan fingerprint density at radius 2 is 2.62 bits per heavy atom. The van der Waals surface area contributed by atoms with Gasteiger partial charge in [0.25, 0.3) is 0 Å². The molecule has 0 spiro atoms. The minimum atomic E-state index is 0.456. The lowest BCUT2D eigenvalue weighted by atomic mass is 10.3. The van der Waals surface area contributed by atoms with Crippen LogP contribution in [0.4, 0.5) is 0 Å². The molecule has 0 saturated carbocycles. The smallest absolute Gasteiger partial charge is 0.133 e. The zero-order valence-corrected chi connectivity index (χ0v) is 4.72. The Morgan fingerprint density at radius 1 is 1.88 bits per heavy atom. The second kappa shape index (κ2) is 1.99.